The SMILES string of the molecule is O=C(CC1CSCCN1)N1CCN(S(=O)(=O)Cc2ccon2)CC1. The number of rotatable bonds is 5. The highest BCUT2D eigenvalue weighted by Crippen LogP contribution is 2.15. The fourth-order valence-electron chi connectivity index (χ4n) is 2.90. The van der Waals surface area contributed by atoms with Crippen LogP contribution < -0.4 is 5.32 Å². The van der Waals surface area contributed by atoms with E-state index in [0.29, 0.717) is 38.3 Å². The fraction of sp³-hybridized carbons (Fsp3) is 0.714. The van der Waals surface area contributed by atoms with Crippen LogP contribution in [0, 0.1) is 0 Å². The lowest BCUT2D eigenvalue weighted by molar-refractivity contribution is -0.132. The third-order valence-electron chi connectivity index (χ3n) is 4.23. The molecule has 1 aromatic heterocycles. The van der Waals surface area contributed by atoms with E-state index in [9.17, 15) is 13.2 Å². The number of hydrogen-bond donors (Lipinski definition) is 1. The molecule has 0 spiro atoms. The van der Waals surface area contributed by atoms with Gasteiger partial charge in [-0.05, 0) is 0 Å². The number of hydrogen-bond acceptors (Lipinski definition) is 7. The molecule has 2 fully saturated rings. The molecule has 1 aromatic rings. The summed E-state index contributed by atoms with van der Waals surface area (Å²) in [6, 6.07) is 1.78. The molecule has 0 aliphatic carbocycles. The van der Waals surface area contributed by atoms with Crippen LogP contribution in [0.3, 0.4) is 0 Å². The molecule has 3 heterocycles. The summed E-state index contributed by atoms with van der Waals surface area (Å²) in [5.41, 5.74) is 0.398. The number of aromatic nitrogens is 1. The average molecular weight is 374 g/mol. The smallest absolute Gasteiger partial charge is 0.224 e. The van der Waals surface area contributed by atoms with Crippen molar-refractivity contribution < 1.29 is 17.7 Å². The second-order valence-electron chi connectivity index (χ2n) is 5.96. The molecule has 0 saturated carbocycles. The molecular formula is C14H22N4O4S2. The van der Waals surface area contributed by atoms with Crippen LogP contribution in [0.2, 0.25) is 0 Å². The average Bonchev–Trinajstić information content (AvgIpc) is 3.08. The molecule has 2 saturated heterocycles. The number of carbonyl (C=O) groups excluding carboxylic acids is 1. The molecule has 1 atom stereocenters. The van der Waals surface area contributed by atoms with Crippen molar-refractivity contribution in [2.75, 3.05) is 44.2 Å². The van der Waals surface area contributed by atoms with E-state index in [2.05, 4.69) is 15.0 Å². The second kappa shape index (κ2) is 7.85. The third-order valence-corrected chi connectivity index (χ3v) is 7.17. The maximum atomic E-state index is 12.4. The summed E-state index contributed by atoms with van der Waals surface area (Å²) in [6.07, 6.45) is 1.84. The zero-order valence-electron chi connectivity index (χ0n) is 13.4. The quantitative estimate of drug-likeness (QED) is 0.759. The summed E-state index contributed by atoms with van der Waals surface area (Å²) in [5, 5.41) is 7.01. The summed E-state index contributed by atoms with van der Waals surface area (Å²) in [6.45, 7) is 2.49. The first-order valence-electron chi connectivity index (χ1n) is 8.00. The Labute approximate surface area is 146 Å². The van der Waals surface area contributed by atoms with Gasteiger partial charge in [0.2, 0.25) is 15.9 Å². The van der Waals surface area contributed by atoms with Gasteiger partial charge in [0.15, 0.2) is 0 Å². The van der Waals surface area contributed by atoms with Crippen LogP contribution in [0.5, 0.6) is 0 Å². The number of amides is 1. The predicted octanol–water partition coefficient (Wildman–Crippen LogP) is -0.256. The molecule has 0 aromatic carbocycles. The van der Waals surface area contributed by atoms with E-state index in [0.717, 1.165) is 18.1 Å². The highest BCUT2D eigenvalue weighted by molar-refractivity contribution is 7.99. The van der Waals surface area contributed by atoms with Gasteiger partial charge in [0.1, 0.15) is 12.0 Å². The van der Waals surface area contributed by atoms with E-state index < -0.39 is 10.0 Å². The van der Waals surface area contributed by atoms with E-state index in [1.807, 2.05) is 11.8 Å². The van der Waals surface area contributed by atoms with E-state index >= 15 is 0 Å². The Morgan fingerprint density at radius 3 is 2.79 bits per heavy atom. The minimum Gasteiger partial charge on any atom is -0.364 e. The number of sulfonamides is 1. The summed E-state index contributed by atoms with van der Waals surface area (Å²) in [5.74, 6) is 1.98. The van der Waals surface area contributed by atoms with Gasteiger partial charge in [0.05, 0.1) is 5.69 Å². The number of nitrogens with zero attached hydrogens (tertiary/aromatic N) is 3. The van der Waals surface area contributed by atoms with Gasteiger partial charge in [-0.1, -0.05) is 5.16 Å². The van der Waals surface area contributed by atoms with Crippen molar-refractivity contribution in [2.24, 2.45) is 0 Å². The van der Waals surface area contributed by atoms with Crippen molar-refractivity contribution in [2.45, 2.75) is 18.2 Å². The monoisotopic (exact) mass is 374 g/mol. The molecular weight excluding hydrogens is 352 g/mol. The number of piperazine rings is 1. The number of thioether (sulfide) groups is 1. The van der Waals surface area contributed by atoms with Crippen molar-refractivity contribution in [1.29, 1.82) is 0 Å². The molecule has 1 N–H and O–H groups in total. The first-order chi connectivity index (χ1) is 11.5. The molecule has 10 heteroatoms. The van der Waals surface area contributed by atoms with Crippen molar-refractivity contribution in [3.8, 4) is 0 Å². The minimum atomic E-state index is -3.43. The van der Waals surface area contributed by atoms with Crippen LogP contribution in [-0.4, -0.2) is 79.0 Å². The van der Waals surface area contributed by atoms with Crippen molar-refractivity contribution in [3.63, 3.8) is 0 Å². The molecule has 0 radical (unpaired) electrons. The molecule has 134 valence electrons. The van der Waals surface area contributed by atoms with Crippen LogP contribution in [-0.2, 0) is 20.6 Å². The first kappa shape index (κ1) is 17.7. The van der Waals surface area contributed by atoms with Gasteiger partial charge in [-0.3, -0.25) is 4.79 Å². The Bertz CT molecular complexity index is 636. The summed E-state index contributed by atoms with van der Waals surface area (Å²) < 4.78 is 30.9. The van der Waals surface area contributed by atoms with Gasteiger partial charge in [0, 0.05) is 62.8 Å². The predicted molar refractivity (Wildman–Crippen MR) is 91.0 cm³/mol. The highest BCUT2D eigenvalue weighted by atomic mass is 32.2. The lowest BCUT2D eigenvalue weighted by Crippen LogP contribution is -2.52. The Kier molecular flexibility index (Phi) is 5.80. The maximum Gasteiger partial charge on any atom is 0.224 e. The zero-order valence-corrected chi connectivity index (χ0v) is 15.0. The number of carbonyl (C=O) groups is 1. The van der Waals surface area contributed by atoms with Gasteiger partial charge in [0.25, 0.3) is 0 Å². The summed E-state index contributed by atoms with van der Waals surface area (Å²) in [7, 11) is -3.43. The molecule has 2 aliphatic rings. The first-order valence-corrected chi connectivity index (χ1v) is 10.8. The number of nitrogens with one attached hydrogen (secondary N) is 1. The highest BCUT2D eigenvalue weighted by Gasteiger charge is 2.30. The largest absolute Gasteiger partial charge is 0.364 e. The molecule has 3 rings (SSSR count). The fourth-order valence-corrected chi connectivity index (χ4v) is 5.27. The van der Waals surface area contributed by atoms with E-state index in [1.165, 1.54) is 10.6 Å². The van der Waals surface area contributed by atoms with Crippen molar-refractivity contribution >= 4 is 27.7 Å². The lowest BCUT2D eigenvalue weighted by Gasteiger charge is -2.35. The van der Waals surface area contributed by atoms with Gasteiger partial charge in [-0.25, -0.2) is 8.42 Å². The van der Waals surface area contributed by atoms with E-state index in [-0.39, 0.29) is 17.7 Å². The molecule has 0 bridgehead atoms. The van der Waals surface area contributed by atoms with Crippen LogP contribution in [0.1, 0.15) is 12.1 Å². The topological polar surface area (TPSA) is 95.8 Å². The lowest BCUT2D eigenvalue weighted by atomic mass is 10.2. The van der Waals surface area contributed by atoms with E-state index in [1.54, 1.807) is 11.0 Å². The molecule has 2 aliphatic heterocycles. The normalized spacial score (nSPS) is 23.3. The Morgan fingerprint density at radius 2 is 2.17 bits per heavy atom. The van der Waals surface area contributed by atoms with Gasteiger partial charge < -0.3 is 14.7 Å². The summed E-state index contributed by atoms with van der Waals surface area (Å²) in [4.78, 5) is 14.1. The molecule has 8 nitrogen and oxygen atoms in total. The molecule has 24 heavy (non-hydrogen) atoms. The van der Waals surface area contributed by atoms with Gasteiger partial charge in [-0.15, -0.1) is 0 Å². The van der Waals surface area contributed by atoms with Crippen LogP contribution in [0.25, 0.3) is 0 Å². The minimum absolute atomic E-state index is 0.101. The van der Waals surface area contributed by atoms with Crippen molar-refractivity contribution in [1.82, 2.24) is 19.7 Å². The molecule has 1 unspecified atom stereocenters. The summed E-state index contributed by atoms with van der Waals surface area (Å²) >= 11 is 1.86. The Morgan fingerprint density at radius 1 is 1.38 bits per heavy atom. The van der Waals surface area contributed by atoms with Crippen LogP contribution in [0.4, 0.5) is 0 Å². The Balaban J connectivity index is 1.48. The van der Waals surface area contributed by atoms with Gasteiger partial charge >= 0.3 is 0 Å². The maximum absolute atomic E-state index is 12.4. The van der Waals surface area contributed by atoms with Gasteiger partial charge in [-0.2, -0.15) is 16.1 Å². The van der Waals surface area contributed by atoms with Crippen molar-refractivity contribution in [3.05, 3.63) is 18.0 Å². The third kappa shape index (κ3) is 4.50. The van der Waals surface area contributed by atoms with E-state index in [4.69, 9.17) is 0 Å². The zero-order chi connectivity index (χ0) is 17.0. The van der Waals surface area contributed by atoms with Crippen LogP contribution >= 0.6 is 11.8 Å². The second-order valence-corrected chi connectivity index (χ2v) is 9.08. The molecule has 1 amide bonds. The standard InChI is InChI=1S/C14H22N4O4S2/c19-14(9-13-10-23-8-2-15-13)17-3-5-18(6-4-17)24(20,21)11-12-1-7-22-16-12/h1,7,13,15H,2-6,8-11H2. The van der Waals surface area contributed by atoms with Crippen LogP contribution in [0.15, 0.2) is 16.9 Å². The Hall–Kier alpha value is -1.10.